The number of hydrogen-bond donors (Lipinski definition) is 2. The van der Waals surface area contributed by atoms with E-state index in [0.717, 1.165) is 13.0 Å². The standard InChI is InChI=1S/C14H15N3O3S/c18-14-12-3-1-4-13(11(12)5-7-16-14)21(19,20)17-9-2-6-15-8-10-17/h1,3-5,7-8,10,15H,2,6,9H2,(H,16,18). The van der Waals surface area contributed by atoms with Crippen molar-refractivity contribution in [3.8, 4) is 0 Å². The summed E-state index contributed by atoms with van der Waals surface area (Å²) < 4.78 is 26.9. The Hall–Kier alpha value is -2.28. The van der Waals surface area contributed by atoms with E-state index in [9.17, 15) is 13.2 Å². The highest BCUT2D eigenvalue weighted by atomic mass is 32.2. The number of rotatable bonds is 2. The molecule has 1 aliphatic heterocycles. The molecule has 0 fully saturated rings. The van der Waals surface area contributed by atoms with E-state index in [2.05, 4.69) is 10.3 Å². The van der Waals surface area contributed by atoms with Gasteiger partial charge in [-0.15, -0.1) is 0 Å². The molecule has 0 unspecified atom stereocenters. The molecule has 2 heterocycles. The van der Waals surface area contributed by atoms with Gasteiger partial charge < -0.3 is 10.3 Å². The van der Waals surface area contributed by atoms with Crippen molar-refractivity contribution in [1.82, 2.24) is 14.6 Å². The minimum atomic E-state index is -3.67. The number of pyridine rings is 1. The monoisotopic (exact) mass is 305 g/mol. The molecule has 7 heteroatoms. The van der Waals surface area contributed by atoms with Crippen molar-refractivity contribution in [2.45, 2.75) is 11.3 Å². The van der Waals surface area contributed by atoms with Gasteiger partial charge in [-0.05, 0) is 24.6 Å². The molecule has 3 rings (SSSR count). The Morgan fingerprint density at radius 2 is 2.00 bits per heavy atom. The molecular weight excluding hydrogens is 290 g/mol. The van der Waals surface area contributed by atoms with Crippen LogP contribution in [-0.4, -0.2) is 30.8 Å². The molecule has 0 atom stereocenters. The molecular formula is C14H15N3O3S. The predicted molar refractivity (Wildman–Crippen MR) is 80.2 cm³/mol. The van der Waals surface area contributed by atoms with Crippen molar-refractivity contribution >= 4 is 20.8 Å². The van der Waals surface area contributed by atoms with Crippen LogP contribution in [0.1, 0.15) is 6.42 Å². The Morgan fingerprint density at radius 3 is 2.86 bits per heavy atom. The summed E-state index contributed by atoms with van der Waals surface area (Å²) in [5, 5.41) is 3.81. The van der Waals surface area contributed by atoms with E-state index >= 15 is 0 Å². The van der Waals surface area contributed by atoms with Crippen molar-refractivity contribution in [2.24, 2.45) is 0 Å². The molecule has 2 N–H and O–H groups in total. The summed E-state index contributed by atoms with van der Waals surface area (Å²) in [6.45, 7) is 1.14. The Labute approximate surface area is 122 Å². The van der Waals surface area contributed by atoms with Crippen LogP contribution in [0.25, 0.3) is 10.8 Å². The zero-order valence-corrected chi connectivity index (χ0v) is 12.1. The Kier molecular flexibility index (Phi) is 3.42. The lowest BCUT2D eigenvalue weighted by Gasteiger charge is -2.19. The summed E-state index contributed by atoms with van der Waals surface area (Å²) >= 11 is 0. The van der Waals surface area contributed by atoms with Gasteiger partial charge in [0.05, 0.1) is 4.90 Å². The quantitative estimate of drug-likeness (QED) is 0.866. The van der Waals surface area contributed by atoms with Gasteiger partial charge in [0.15, 0.2) is 0 Å². The third-order valence-corrected chi connectivity index (χ3v) is 5.25. The number of nitrogens with zero attached hydrogens (tertiary/aromatic N) is 1. The van der Waals surface area contributed by atoms with Crippen molar-refractivity contribution < 1.29 is 8.42 Å². The highest BCUT2D eigenvalue weighted by molar-refractivity contribution is 7.89. The van der Waals surface area contributed by atoms with Gasteiger partial charge in [-0.1, -0.05) is 6.07 Å². The van der Waals surface area contributed by atoms with Gasteiger partial charge in [0.25, 0.3) is 15.6 Å². The van der Waals surface area contributed by atoms with Crippen LogP contribution in [0.3, 0.4) is 0 Å². The van der Waals surface area contributed by atoms with Crippen molar-refractivity contribution in [2.75, 3.05) is 13.1 Å². The largest absolute Gasteiger partial charge is 0.390 e. The summed E-state index contributed by atoms with van der Waals surface area (Å²) in [7, 11) is -3.67. The summed E-state index contributed by atoms with van der Waals surface area (Å²) in [4.78, 5) is 14.5. The van der Waals surface area contributed by atoms with E-state index in [1.54, 1.807) is 24.4 Å². The van der Waals surface area contributed by atoms with Gasteiger partial charge >= 0.3 is 0 Å². The molecule has 0 saturated heterocycles. The van der Waals surface area contributed by atoms with Crippen LogP contribution >= 0.6 is 0 Å². The second-order valence-electron chi connectivity index (χ2n) is 4.76. The maximum Gasteiger partial charge on any atom is 0.264 e. The Bertz CT molecular complexity index is 855. The lowest BCUT2D eigenvalue weighted by atomic mass is 10.2. The van der Waals surface area contributed by atoms with E-state index in [1.807, 2.05) is 0 Å². The molecule has 2 aromatic rings. The first kappa shape index (κ1) is 13.7. The number of fused-ring (bicyclic) bond motifs is 1. The third-order valence-electron chi connectivity index (χ3n) is 3.42. The third kappa shape index (κ3) is 2.40. The van der Waals surface area contributed by atoms with E-state index in [-0.39, 0.29) is 10.5 Å². The number of nitrogens with one attached hydrogen (secondary N) is 2. The molecule has 0 amide bonds. The summed E-state index contributed by atoms with van der Waals surface area (Å²) in [5.41, 5.74) is -0.294. The Morgan fingerprint density at radius 1 is 1.14 bits per heavy atom. The number of sulfonamides is 1. The second-order valence-corrected chi connectivity index (χ2v) is 6.62. The fraction of sp³-hybridized carbons (Fsp3) is 0.214. The minimum absolute atomic E-state index is 0.151. The maximum atomic E-state index is 12.8. The number of benzene rings is 1. The molecule has 0 bridgehead atoms. The molecule has 6 nitrogen and oxygen atoms in total. The first-order chi connectivity index (χ1) is 10.1. The summed E-state index contributed by atoms with van der Waals surface area (Å²) in [5.74, 6) is 0. The molecule has 0 aliphatic carbocycles. The molecule has 1 aromatic carbocycles. The SMILES string of the molecule is O=c1[nH]ccc2c(S(=O)(=O)N3C=CNCCC3)cccc12. The van der Waals surface area contributed by atoms with Gasteiger partial charge in [0, 0.05) is 42.5 Å². The Balaban J connectivity index is 2.19. The van der Waals surface area contributed by atoms with Crippen molar-refractivity contribution in [3.05, 3.63) is 53.2 Å². The molecule has 1 aliphatic rings. The lowest BCUT2D eigenvalue weighted by Crippen LogP contribution is -2.27. The molecule has 0 radical (unpaired) electrons. The van der Waals surface area contributed by atoms with Crippen LogP contribution in [0.5, 0.6) is 0 Å². The summed E-state index contributed by atoms with van der Waals surface area (Å²) in [6, 6.07) is 6.35. The van der Waals surface area contributed by atoms with Crippen molar-refractivity contribution in [1.29, 1.82) is 0 Å². The zero-order valence-electron chi connectivity index (χ0n) is 11.2. The number of hydrogen-bond acceptors (Lipinski definition) is 4. The molecule has 21 heavy (non-hydrogen) atoms. The summed E-state index contributed by atoms with van der Waals surface area (Å²) in [6.07, 6.45) is 5.33. The van der Waals surface area contributed by atoms with Gasteiger partial charge in [-0.3, -0.25) is 9.10 Å². The van der Waals surface area contributed by atoms with Crippen LogP contribution in [0.4, 0.5) is 0 Å². The van der Waals surface area contributed by atoms with E-state index in [0.29, 0.717) is 17.3 Å². The van der Waals surface area contributed by atoms with Crippen LogP contribution < -0.4 is 10.9 Å². The zero-order chi connectivity index (χ0) is 14.9. The van der Waals surface area contributed by atoms with Gasteiger partial charge in [-0.25, -0.2) is 8.42 Å². The average Bonchev–Trinajstić information content (AvgIpc) is 2.77. The van der Waals surface area contributed by atoms with Gasteiger partial charge in [0.1, 0.15) is 0 Å². The molecule has 0 saturated carbocycles. The van der Waals surface area contributed by atoms with E-state index in [4.69, 9.17) is 0 Å². The lowest BCUT2D eigenvalue weighted by molar-refractivity contribution is 0.496. The minimum Gasteiger partial charge on any atom is -0.390 e. The van der Waals surface area contributed by atoms with Crippen LogP contribution in [0.2, 0.25) is 0 Å². The highest BCUT2D eigenvalue weighted by Crippen LogP contribution is 2.24. The van der Waals surface area contributed by atoms with Crippen LogP contribution in [0.15, 0.2) is 52.6 Å². The van der Waals surface area contributed by atoms with Gasteiger partial charge in [0.2, 0.25) is 0 Å². The molecule has 1 aromatic heterocycles. The van der Waals surface area contributed by atoms with Crippen molar-refractivity contribution in [3.63, 3.8) is 0 Å². The average molecular weight is 305 g/mol. The van der Waals surface area contributed by atoms with Crippen LogP contribution in [0, 0.1) is 0 Å². The fourth-order valence-corrected chi connectivity index (χ4v) is 3.92. The maximum absolute atomic E-state index is 12.8. The first-order valence-corrected chi connectivity index (χ1v) is 8.07. The van der Waals surface area contributed by atoms with E-state index in [1.165, 1.54) is 22.8 Å². The topological polar surface area (TPSA) is 82.3 Å². The first-order valence-electron chi connectivity index (χ1n) is 6.63. The number of aromatic amines is 1. The molecule has 0 spiro atoms. The molecule has 110 valence electrons. The smallest absolute Gasteiger partial charge is 0.264 e. The highest BCUT2D eigenvalue weighted by Gasteiger charge is 2.24. The fourth-order valence-electron chi connectivity index (χ4n) is 2.37. The van der Waals surface area contributed by atoms with E-state index < -0.39 is 10.0 Å². The van der Waals surface area contributed by atoms with Crippen LogP contribution in [-0.2, 0) is 10.0 Å². The number of H-pyrrole nitrogens is 1. The normalized spacial score (nSPS) is 15.7. The predicted octanol–water partition coefficient (Wildman–Crippen LogP) is 0.983. The second kappa shape index (κ2) is 5.25. The van der Waals surface area contributed by atoms with Gasteiger partial charge in [-0.2, -0.15) is 0 Å². The number of aromatic nitrogens is 1.